The lowest BCUT2D eigenvalue weighted by atomic mass is 9.89. The number of ether oxygens (including phenoxy) is 1. The first-order valence-electron chi connectivity index (χ1n) is 24.2. The molecule has 380 valence electrons. The van der Waals surface area contributed by atoms with E-state index >= 15 is 4.79 Å². The molecule has 9 N–H and O–H groups in total. The summed E-state index contributed by atoms with van der Waals surface area (Å²) < 4.78 is 23.3. The van der Waals surface area contributed by atoms with Crippen LogP contribution in [0.25, 0.3) is 11.1 Å². The maximum atomic E-state index is 15.1. The van der Waals surface area contributed by atoms with Crippen molar-refractivity contribution in [3.8, 4) is 11.1 Å². The van der Waals surface area contributed by atoms with Crippen molar-refractivity contribution >= 4 is 41.4 Å². The molecule has 21 nitrogen and oxygen atoms in total. The van der Waals surface area contributed by atoms with Crippen LogP contribution in [0.1, 0.15) is 156 Å². The molecule has 0 spiro atoms. The van der Waals surface area contributed by atoms with Crippen molar-refractivity contribution in [1.29, 1.82) is 0 Å². The number of nitrogens with zero attached hydrogens (tertiary/aromatic N) is 3. The Kier molecular flexibility index (Phi) is 14.2. The number of rotatable bonds is 12. The summed E-state index contributed by atoms with van der Waals surface area (Å²) in [6.07, 6.45) is 6.14. The number of benzene rings is 2. The second-order valence-corrected chi connectivity index (χ2v) is 19.2. The van der Waals surface area contributed by atoms with Gasteiger partial charge in [0.2, 0.25) is 17.7 Å². The van der Waals surface area contributed by atoms with E-state index in [1.165, 1.54) is 48.7 Å². The number of nitrogens with one attached hydrogen (secondary N) is 6. The molecule has 2 aliphatic carbocycles. The summed E-state index contributed by atoms with van der Waals surface area (Å²) in [5.41, 5.74) is -0.616. The van der Waals surface area contributed by atoms with Crippen LogP contribution < -0.4 is 37.6 Å². The third kappa shape index (κ3) is 9.47. The van der Waals surface area contributed by atoms with Crippen LogP contribution in [-0.4, -0.2) is 82.6 Å². The van der Waals surface area contributed by atoms with Crippen molar-refractivity contribution < 1.29 is 57.3 Å². The molecular formula is C51H61N10O11+. The van der Waals surface area contributed by atoms with E-state index < -0.39 is 87.6 Å². The Hall–Kier alpha value is -7.68. The van der Waals surface area contributed by atoms with E-state index in [1.54, 1.807) is 0 Å². The second-order valence-electron chi connectivity index (χ2n) is 19.2. The minimum atomic E-state index is -2.32. The number of carbonyl (C=O) groups excluding carboxylic acids is 7. The highest BCUT2D eigenvalue weighted by Crippen LogP contribution is 2.44. The summed E-state index contributed by atoms with van der Waals surface area (Å²) in [5.74, 6) is -7.76. The summed E-state index contributed by atoms with van der Waals surface area (Å²) in [6, 6.07) is 13.2. The van der Waals surface area contributed by atoms with Gasteiger partial charge in [0.15, 0.2) is 33.7 Å². The van der Waals surface area contributed by atoms with E-state index in [9.17, 15) is 28.8 Å². The number of esters is 1. The molecule has 6 bridgehead atoms. The predicted molar refractivity (Wildman–Crippen MR) is 255 cm³/mol. The summed E-state index contributed by atoms with van der Waals surface area (Å²) in [4.78, 5) is 115. The monoisotopic (exact) mass is 989 g/mol. The van der Waals surface area contributed by atoms with Crippen LogP contribution in [0.2, 0.25) is 0 Å². The predicted octanol–water partition coefficient (Wildman–Crippen LogP) is 3.48. The number of hydrogen-bond donors (Lipinski definition) is 7. The number of quaternary nitrogens is 1. The first kappa shape index (κ1) is 50.7. The van der Waals surface area contributed by atoms with Crippen molar-refractivity contribution in [2.45, 2.75) is 122 Å². The van der Waals surface area contributed by atoms with E-state index in [0.717, 1.165) is 54.4 Å². The Morgan fingerprint density at radius 2 is 1.12 bits per heavy atom. The molecule has 0 radical (unpaired) electrons. The number of hydrogen-bond acceptors (Lipinski definition) is 14. The minimum absolute atomic E-state index is 0.0793. The van der Waals surface area contributed by atoms with Crippen molar-refractivity contribution in [2.75, 3.05) is 20.2 Å². The molecule has 6 amide bonds. The van der Waals surface area contributed by atoms with Crippen molar-refractivity contribution in [3.63, 3.8) is 0 Å². The number of unbranched alkanes of at least 4 members (excludes halogenated alkanes) is 1. The molecule has 4 atom stereocenters. The molecule has 3 aromatic heterocycles. The Morgan fingerprint density at radius 1 is 0.681 bits per heavy atom. The molecule has 2 aromatic carbocycles. The Bertz CT molecular complexity index is 2910. The Balaban J connectivity index is 1.26. The first-order valence-corrected chi connectivity index (χ1v) is 24.2. The van der Waals surface area contributed by atoms with Gasteiger partial charge in [0, 0.05) is 6.54 Å². The summed E-state index contributed by atoms with van der Waals surface area (Å²) in [6.45, 7) is 9.02. The molecule has 0 unspecified atom stereocenters. The Labute approximate surface area is 415 Å². The second kappa shape index (κ2) is 20.2. The highest BCUT2D eigenvalue weighted by Gasteiger charge is 2.50. The summed E-state index contributed by atoms with van der Waals surface area (Å²) in [5, 5.41) is 16.8. The maximum Gasteiger partial charge on any atom is 0.328 e. The summed E-state index contributed by atoms with van der Waals surface area (Å²) in [7, 11) is 1.17. The van der Waals surface area contributed by atoms with Crippen LogP contribution >= 0.6 is 0 Å². The van der Waals surface area contributed by atoms with Gasteiger partial charge in [-0.05, 0) is 102 Å². The third-order valence-electron chi connectivity index (χ3n) is 13.9. The average Bonchev–Trinajstić information content (AvgIpc) is 4.16. The van der Waals surface area contributed by atoms with Crippen LogP contribution in [0, 0.1) is 26.7 Å². The average molecular weight is 990 g/mol. The van der Waals surface area contributed by atoms with Gasteiger partial charge in [0.25, 0.3) is 35.4 Å². The van der Waals surface area contributed by atoms with Gasteiger partial charge in [-0.3, -0.25) is 28.8 Å². The van der Waals surface area contributed by atoms with Gasteiger partial charge in [-0.25, -0.2) is 19.7 Å². The topological polar surface area (TPSA) is 307 Å². The van der Waals surface area contributed by atoms with Crippen molar-refractivity contribution in [2.24, 2.45) is 5.92 Å². The fraction of sp³-hybridized carbons (Fsp3) is 0.451. The highest BCUT2D eigenvalue weighted by molar-refractivity contribution is 6.02. The Morgan fingerprint density at radius 3 is 1.58 bits per heavy atom. The van der Waals surface area contributed by atoms with E-state index in [-0.39, 0.29) is 53.4 Å². The lowest BCUT2D eigenvalue weighted by Crippen LogP contribution is -2.58. The molecular weight excluding hydrogens is 929 g/mol. The zero-order chi connectivity index (χ0) is 51.7. The molecule has 0 saturated heterocycles. The molecule has 72 heavy (non-hydrogen) atoms. The van der Waals surface area contributed by atoms with E-state index in [0.29, 0.717) is 19.4 Å². The lowest BCUT2D eigenvalue weighted by Gasteiger charge is -2.29. The van der Waals surface area contributed by atoms with Crippen LogP contribution in [0.4, 0.5) is 0 Å². The lowest BCUT2D eigenvalue weighted by molar-refractivity contribution is -0.368. The van der Waals surface area contributed by atoms with E-state index in [1.807, 2.05) is 48.5 Å². The van der Waals surface area contributed by atoms with Gasteiger partial charge in [0.05, 0.1) is 19.7 Å². The van der Waals surface area contributed by atoms with Gasteiger partial charge >= 0.3 is 5.97 Å². The fourth-order valence-electron chi connectivity index (χ4n) is 9.55. The van der Waals surface area contributed by atoms with Gasteiger partial charge in [-0.1, -0.05) is 67.8 Å². The van der Waals surface area contributed by atoms with Gasteiger partial charge < -0.3 is 55.6 Å². The number of oxazole rings is 3. The van der Waals surface area contributed by atoms with Crippen molar-refractivity contribution in [3.05, 3.63) is 112 Å². The normalized spacial score (nSPS) is 21.7. The van der Waals surface area contributed by atoms with E-state index in [4.69, 9.17) is 18.0 Å². The SMILES string of the molecule is COC(=O)[C@H](CCCC[NH3+])NC(=O)[C@]1(C)NC(=O)c2nc(oc2C)[C@](C)(C(=O)NC2c3ccccc3-c3ccccc32)NC(=O)c2nc(oc2C)[C@](C)(C(=O)NCC2CCCCC2)NC(=O)c2nc1oc2C. The molecule has 1 saturated carbocycles. The number of aromatic nitrogens is 3. The molecule has 1 fully saturated rings. The molecule has 8 rings (SSSR count). The zero-order valence-electron chi connectivity index (χ0n) is 41.5. The number of aryl methyl sites for hydroxylation is 3. The molecule has 4 heterocycles. The van der Waals surface area contributed by atoms with Gasteiger partial charge in [-0.15, -0.1) is 0 Å². The number of methoxy groups -OCH3 is 1. The molecule has 3 aliphatic rings. The highest BCUT2D eigenvalue weighted by atomic mass is 16.5. The fourth-order valence-corrected chi connectivity index (χ4v) is 9.55. The van der Waals surface area contributed by atoms with E-state index in [2.05, 4.69) is 52.6 Å². The number of carbonyl (C=O) groups is 7. The molecule has 21 heteroatoms. The quantitative estimate of drug-likeness (QED) is 0.0696. The standard InChI is InChI=1S/C51H60N10O11/c1-26-36-41(64)61-51(6,45(68)55-38-32-21-13-11-19-30(32)31-20-12-14-22-33(31)38)48-58-37(28(3)72-48)40(63)60-50(5,44(67)54-34(42(65)69-7)23-15-16-24-52)47-57-35(27(2)71-47)39(62)59-49(4,46(56-36)70-26)43(66)53-25-29-17-9-8-10-18-29/h11-14,19-22,29,34,38H,8-10,15-18,23-25,52H2,1-7H3,(H,53,66)(H,54,67)(H,55,68)(H,59,62)(H,60,63)(H,61,64)/p+1/t34-,49-,50-,51-/m0/s1. The molecule has 5 aromatic rings. The van der Waals surface area contributed by atoms with Crippen molar-refractivity contribution in [1.82, 2.24) is 46.9 Å². The largest absolute Gasteiger partial charge is 0.467 e. The van der Waals surface area contributed by atoms with Crippen LogP contribution in [0.5, 0.6) is 0 Å². The van der Waals surface area contributed by atoms with Gasteiger partial charge in [-0.2, -0.15) is 0 Å². The van der Waals surface area contributed by atoms with Crippen LogP contribution in [0.15, 0.2) is 61.8 Å². The molecule has 1 aliphatic heterocycles. The number of amides is 6. The van der Waals surface area contributed by atoms with Crippen LogP contribution in [-0.2, 0) is 40.5 Å². The van der Waals surface area contributed by atoms with Crippen LogP contribution in [0.3, 0.4) is 0 Å². The smallest absolute Gasteiger partial charge is 0.328 e. The number of fused-ring (bicyclic) bond motifs is 9. The third-order valence-corrected chi connectivity index (χ3v) is 13.9. The summed E-state index contributed by atoms with van der Waals surface area (Å²) >= 11 is 0. The maximum absolute atomic E-state index is 15.1. The first-order chi connectivity index (χ1) is 34.3. The van der Waals surface area contributed by atoms with Gasteiger partial charge in [0.1, 0.15) is 23.3 Å². The zero-order valence-corrected chi connectivity index (χ0v) is 41.5. The minimum Gasteiger partial charge on any atom is -0.467 e.